The smallest absolute Gasteiger partial charge is 0.288 e. The Bertz CT molecular complexity index is 1030. The van der Waals surface area contributed by atoms with Gasteiger partial charge in [-0.2, -0.15) is 16.8 Å². The average molecular weight is 463 g/mol. The molecule has 30 heavy (non-hydrogen) atoms. The molecule has 4 rings (SSSR count). The van der Waals surface area contributed by atoms with E-state index in [-0.39, 0.29) is 30.5 Å². The predicted octanol–water partition coefficient (Wildman–Crippen LogP) is 2.34. The van der Waals surface area contributed by atoms with E-state index in [1.54, 1.807) is 13.8 Å². The molecule has 4 fully saturated rings. The van der Waals surface area contributed by atoms with Gasteiger partial charge in [-0.15, -0.1) is 0 Å². The Morgan fingerprint density at radius 2 is 1.47 bits per heavy atom. The summed E-state index contributed by atoms with van der Waals surface area (Å²) >= 11 is 0. The van der Waals surface area contributed by atoms with Crippen LogP contribution in [0.4, 0.5) is 0 Å². The van der Waals surface area contributed by atoms with E-state index in [1.807, 2.05) is 13.8 Å². The molecular weight excluding hydrogens is 432 g/mol. The second-order valence-corrected chi connectivity index (χ2v) is 14.3. The number of carbonyl (C=O) groups excluding carboxylic acids is 2. The summed E-state index contributed by atoms with van der Waals surface area (Å²) in [6.45, 7) is 6.74. The summed E-state index contributed by atoms with van der Waals surface area (Å²) in [4.78, 5) is 25.6. The Hall–Kier alpha value is -0.840. The minimum Gasteiger partial charge on any atom is -0.299 e. The van der Waals surface area contributed by atoms with Gasteiger partial charge in [-0.1, -0.05) is 27.7 Å². The highest BCUT2D eigenvalue weighted by molar-refractivity contribution is 8.04. The molecule has 0 spiro atoms. The second kappa shape index (κ2) is 6.14. The predicted molar refractivity (Wildman–Crippen MR) is 107 cm³/mol. The van der Waals surface area contributed by atoms with Crippen molar-refractivity contribution >= 4 is 31.8 Å². The van der Waals surface area contributed by atoms with E-state index in [9.17, 15) is 31.0 Å². The molecule has 0 amide bonds. The monoisotopic (exact) mass is 462 g/mol. The third-order valence-electron chi connectivity index (χ3n) is 9.53. The Morgan fingerprint density at radius 3 is 1.87 bits per heavy atom. The number of ketones is 2. The zero-order valence-electron chi connectivity index (χ0n) is 17.8. The van der Waals surface area contributed by atoms with Crippen LogP contribution in [0, 0.1) is 33.5 Å². The van der Waals surface area contributed by atoms with Crippen molar-refractivity contribution in [2.45, 2.75) is 70.8 Å². The van der Waals surface area contributed by atoms with Crippen molar-refractivity contribution in [3.63, 3.8) is 0 Å². The zero-order chi connectivity index (χ0) is 22.5. The number of Topliss-reactive ketones (excluding diaryl/α,β-unsaturated/α-hetero) is 2. The fourth-order valence-electron chi connectivity index (χ4n) is 7.27. The number of rotatable bonds is 6. The Balaban J connectivity index is 1.73. The van der Waals surface area contributed by atoms with Crippen molar-refractivity contribution in [3.8, 4) is 0 Å². The van der Waals surface area contributed by atoms with Crippen LogP contribution in [0.2, 0.25) is 0 Å². The van der Waals surface area contributed by atoms with Gasteiger partial charge in [0.1, 0.15) is 11.6 Å². The van der Waals surface area contributed by atoms with Gasteiger partial charge >= 0.3 is 0 Å². The SMILES string of the molecule is CC1(C)C2CCC1(COS(=O)(=O)C(C13CCC(CC1=O)C3(C)C)S(=O)(=O)O)C(=O)C2. The van der Waals surface area contributed by atoms with Gasteiger partial charge in [0.2, 0.25) is 4.58 Å². The van der Waals surface area contributed by atoms with Crippen LogP contribution in [0.3, 0.4) is 0 Å². The average Bonchev–Trinajstić information content (AvgIpc) is 3.12. The molecule has 5 atom stereocenters. The van der Waals surface area contributed by atoms with E-state index in [1.165, 1.54) is 0 Å². The molecule has 0 aromatic rings. The summed E-state index contributed by atoms with van der Waals surface area (Å²) < 4.78 is 64.3. The summed E-state index contributed by atoms with van der Waals surface area (Å²) in [7, 11) is -10.1. The molecule has 0 aromatic carbocycles. The zero-order valence-corrected chi connectivity index (χ0v) is 19.4. The van der Waals surface area contributed by atoms with Crippen LogP contribution in [0.1, 0.15) is 66.2 Å². The van der Waals surface area contributed by atoms with Crippen LogP contribution in [-0.2, 0) is 34.0 Å². The molecule has 4 bridgehead atoms. The quantitative estimate of drug-likeness (QED) is 0.470. The van der Waals surface area contributed by atoms with Crippen molar-refractivity contribution < 1.29 is 35.2 Å². The molecule has 4 aliphatic rings. The van der Waals surface area contributed by atoms with Crippen molar-refractivity contribution in [2.24, 2.45) is 33.5 Å². The Kier molecular flexibility index (Phi) is 4.58. The van der Waals surface area contributed by atoms with Gasteiger partial charge in [-0.3, -0.25) is 18.3 Å². The normalized spacial score (nSPS) is 40.3. The number of fused-ring (bicyclic) bond motifs is 4. The third-order valence-corrected chi connectivity index (χ3v) is 13.3. The standard InChI is InChI=1S/C20H30O8S2/c1-17(2)12-5-7-19(17,14(21)9-12)11-28-30(26,27)16(29(23,24)25)20-8-6-13(10-15(20)22)18(20,3)4/h12-13,16H,5-11H2,1-4H3,(H,23,24,25). The first-order valence-electron chi connectivity index (χ1n) is 10.5. The van der Waals surface area contributed by atoms with Crippen LogP contribution in [-0.4, -0.2) is 44.1 Å². The van der Waals surface area contributed by atoms with Gasteiger partial charge in [0, 0.05) is 12.8 Å². The molecule has 0 heterocycles. The molecule has 5 unspecified atom stereocenters. The van der Waals surface area contributed by atoms with E-state index in [4.69, 9.17) is 4.18 Å². The van der Waals surface area contributed by atoms with Gasteiger partial charge in [-0.05, 0) is 48.3 Å². The molecule has 0 radical (unpaired) electrons. The lowest BCUT2D eigenvalue weighted by Crippen LogP contribution is -2.54. The van der Waals surface area contributed by atoms with E-state index in [0.717, 1.165) is 6.42 Å². The van der Waals surface area contributed by atoms with Crippen LogP contribution in [0.5, 0.6) is 0 Å². The molecule has 170 valence electrons. The van der Waals surface area contributed by atoms with Crippen molar-refractivity contribution in [3.05, 3.63) is 0 Å². The van der Waals surface area contributed by atoms with Gasteiger partial charge in [0.25, 0.3) is 20.2 Å². The van der Waals surface area contributed by atoms with Gasteiger partial charge in [-0.25, -0.2) is 0 Å². The van der Waals surface area contributed by atoms with Crippen LogP contribution < -0.4 is 0 Å². The topological polar surface area (TPSA) is 132 Å². The van der Waals surface area contributed by atoms with Crippen molar-refractivity contribution in [2.75, 3.05) is 6.61 Å². The van der Waals surface area contributed by atoms with E-state index < -0.39 is 58.9 Å². The molecule has 0 aromatic heterocycles. The summed E-state index contributed by atoms with van der Waals surface area (Å²) in [5.74, 6) is -0.541. The lowest BCUT2D eigenvalue weighted by atomic mass is 9.69. The summed E-state index contributed by atoms with van der Waals surface area (Å²) in [6, 6.07) is 0. The fourth-order valence-corrected chi connectivity index (χ4v) is 11.2. The lowest BCUT2D eigenvalue weighted by molar-refractivity contribution is -0.132. The fraction of sp³-hybridized carbons (Fsp3) is 0.900. The molecule has 1 N–H and O–H groups in total. The van der Waals surface area contributed by atoms with Crippen molar-refractivity contribution in [1.29, 1.82) is 0 Å². The Labute approximate surface area is 178 Å². The van der Waals surface area contributed by atoms with E-state index in [0.29, 0.717) is 19.3 Å². The molecular formula is C20H30O8S2. The lowest BCUT2D eigenvalue weighted by Gasteiger charge is -2.41. The van der Waals surface area contributed by atoms with Gasteiger partial charge in [0.15, 0.2) is 0 Å². The first-order valence-corrected chi connectivity index (χ1v) is 13.4. The number of hydrogen-bond donors (Lipinski definition) is 1. The van der Waals surface area contributed by atoms with Crippen molar-refractivity contribution in [1.82, 2.24) is 0 Å². The first-order chi connectivity index (χ1) is 13.5. The summed E-state index contributed by atoms with van der Waals surface area (Å²) in [6.07, 6.45) is 2.28. The van der Waals surface area contributed by atoms with Crippen LogP contribution in [0.15, 0.2) is 0 Å². The van der Waals surface area contributed by atoms with Crippen LogP contribution in [0.25, 0.3) is 0 Å². The molecule has 4 saturated carbocycles. The largest absolute Gasteiger partial charge is 0.299 e. The van der Waals surface area contributed by atoms with E-state index >= 15 is 0 Å². The first kappa shape index (κ1) is 22.4. The summed E-state index contributed by atoms with van der Waals surface area (Å²) in [5, 5.41) is 0. The number of carbonyl (C=O) groups is 2. The second-order valence-electron chi connectivity index (χ2n) is 10.8. The summed E-state index contributed by atoms with van der Waals surface area (Å²) in [5.41, 5.74) is -4.14. The maximum Gasteiger partial charge on any atom is 0.288 e. The maximum atomic E-state index is 13.3. The Morgan fingerprint density at radius 1 is 0.933 bits per heavy atom. The highest BCUT2D eigenvalue weighted by Gasteiger charge is 2.73. The van der Waals surface area contributed by atoms with Crippen LogP contribution >= 0.6 is 0 Å². The minimum atomic E-state index is -5.18. The molecule has 0 saturated heterocycles. The molecule has 0 aliphatic heterocycles. The molecule has 8 nitrogen and oxygen atoms in total. The van der Waals surface area contributed by atoms with Gasteiger partial charge in [0.05, 0.1) is 17.4 Å². The van der Waals surface area contributed by atoms with Gasteiger partial charge < -0.3 is 0 Å². The number of hydrogen-bond acceptors (Lipinski definition) is 7. The third kappa shape index (κ3) is 2.50. The van der Waals surface area contributed by atoms with E-state index in [2.05, 4.69) is 0 Å². The maximum absolute atomic E-state index is 13.3. The molecule has 10 heteroatoms. The highest BCUT2D eigenvalue weighted by atomic mass is 32.3. The highest BCUT2D eigenvalue weighted by Crippen LogP contribution is 2.68. The molecule has 4 aliphatic carbocycles. The minimum absolute atomic E-state index is 0.0637.